The van der Waals surface area contributed by atoms with Crippen LogP contribution in [0.1, 0.15) is 18.2 Å². The number of sulfonamides is 1. The van der Waals surface area contributed by atoms with E-state index in [-0.39, 0.29) is 18.3 Å². The van der Waals surface area contributed by atoms with Crippen LogP contribution in [-0.4, -0.2) is 44.8 Å². The van der Waals surface area contributed by atoms with Crippen LogP contribution in [0.5, 0.6) is 0 Å². The molecular formula is C12H20ClN3O3S2. The topological polar surface area (TPSA) is 78.5 Å². The summed E-state index contributed by atoms with van der Waals surface area (Å²) in [5, 5.41) is 5.86. The van der Waals surface area contributed by atoms with E-state index in [2.05, 4.69) is 10.6 Å². The number of nitrogens with one attached hydrogen (secondary N) is 2. The van der Waals surface area contributed by atoms with Crippen molar-refractivity contribution >= 4 is 39.7 Å². The summed E-state index contributed by atoms with van der Waals surface area (Å²) in [5.41, 5.74) is 0. The molecule has 9 heteroatoms. The van der Waals surface area contributed by atoms with E-state index in [4.69, 9.17) is 0 Å². The van der Waals surface area contributed by atoms with Gasteiger partial charge in [0.1, 0.15) is 4.21 Å². The summed E-state index contributed by atoms with van der Waals surface area (Å²) >= 11 is 1.22. The van der Waals surface area contributed by atoms with E-state index >= 15 is 0 Å². The van der Waals surface area contributed by atoms with Crippen molar-refractivity contribution in [2.24, 2.45) is 0 Å². The molecule has 2 N–H and O–H groups in total. The molecule has 120 valence electrons. The number of rotatable bonds is 4. The highest BCUT2D eigenvalue weighted by Gasteiger charge is 2.26. The molecule has 1 aliphatic rings. The first-order valence-electron chi connectivity index (χ1n) is 6.54. The average Bonchev–Trinajstić information content (AvgIpc) is 2.70. The Hall–Kier alpha value is -0.670. The molecular weight excluding hydrogens is 334 g/mol. The molecule has 0 atom stereocenters. The number of carbonyl (C=O) groups is 1. The lowest BCUT2D eigenvalue weighted by Gasteiger charge is -2.18. The van der Waals surface area contributed by atoms with Gasteiger partial charge in [0, 0.05) is 31.4 Å². The van der Waals surface area contributed by atoms with Gasteiger partial charge in [-0.15, -0.1) is 23.7 Å². The molecule has 0 radical (unpaired) electrons. The summed E-state index contributed by atoms with van der Waals surface area (Å²) in [6.07, 6.45) is 0.823. The summed E-state index contributed by atoms with van der Waals surface area (Å²) < 4.78 is 26.9. The van der Waals surface area contributed by atoms with E-state index < -0.39 is 10.0 Å². The fourth-order valence-corrected chi connectivity index (χ4v) is 4.92. The third-order valence-corrected chi connectivity index (χ3v) is 6.49. The van der Waals surface area contributed by atoms with Crippen LogP contribution in [0.2, 0.25) is 0 Å². The van der Waals surface area contributed by atoms with Crippen molar-refractivity contribution in [3.05, 3.63) is 17.0 Å². The van der Waals surface area contributed by atoms with Gasteiger partial charge >= 0.3 is 0 Å². The van der Waals surface area contributed by atoms with Crippen LogP contribution in [0.4, 0.5) is 0 Å². The van der Waals surface area contributed by atoms with Gasteiger partial charge in [-0.3, -0.25) is 4.79 Å². The smallest absolute Gasteiger partial charge is 0.252 e. The summed E-state index contributed by atoms with van der Waals surface area (Å²) in [5.74, 6) is -0.124. The lowest BCUT2D eigenvalue weighted by atomic mass is 10.4. The molecule has 1 aromatic heterocycles. The summed E-state index contributed by atoms with van der Waals surface area (Å²) in [6.45, 7) is 4.40. The second-order valence-electron chi connectivity index (χ2n) is 4.64. The van der Waals surface area contributed by atoms with Crippen LogP contribution in [0, 0.1) is 0 Å². The first-order chi connectivity index (χ1) is 9.50. The second-order valence-corrected chi connectivity index (χ2v) is 7.97. The molecule has 0 aromatic carbocycles. The van der Waals surface area contributed by atoms with Crippen molar-refractivity contribution in [2.45, 2.75) is 24.1 Å². The molecule has 1 saturated heterocycles. The van der Waals surface area contributed by atoms with Gasteiger partial charge in [0.25, 0.3) is 10.0 Å². The molecule has 0 bridgehead atoms. The van der Waals surface area contributed by atoms with Crippen molar-refractivity contribution in [1.82, 2.24) is 14.9 Å². The van der Waals surface area contributed by atoms with Gasteiger partial charge in [0.15, 0.2) is 0 Å². The Bertz CT molecular complexity index is 566. The third kappa shape index (κ3) is 4.93. The van der Waals surface area contributed by atoms with Gasteiger partial charge in [-0.05, 0) is 25.1 Å². The van der Waals surface area contributed by atoms with Crippen molar-refractivity contribution in [3.63, 3.8) is 0 Å². The normalized spacial score (nSPS) is 16.8. The molecule has 2 heterocycles. The molecule has 21 heavy (non-hydrogen) atoms. The minimum Gasteiger partial charge on any atom is -0.351 e. The Balaban J connectivity index is 0.00000220. The van der Waals surface area contributed by atoms with Crippen molar-refractivity contribution in [2.75, 3.05) is 26.2 Å². The Labute approximate surface area is 135 Å². The van der Waals surface area contributed by atoms with E-state index in [0.29, 0.717) is 30.4 Å². The molecule has 1 fully saturated rings. The van der Waals surface area contributed by atoms with E-state index in [9.17, 15) is 13.2 Å². The van der Waals surface area contributed by atoms with E-state index in [1.54, 1.807) is 12.1 Å². The molecule has 0 unspecified atom stereocenters. The Morgan fingerprint density at radius 1 is 1.38 bits per heavy atom. The largest absolute Gasteiger partial charge is 0.351 e. The maximum Gasteiger partial charge on any atom is 0.252 e. The van der Waals surface area contributed by atoms with Crippen LogP contribution in [-0.2, 0) is 21.4 Å². The van der Waals surface area contributed by atoms with Gasteiger partial charge in [-0.25, -0.2) is 8.42 Å². The van der Waals surface area contributed by atoms with Crippen LogP contribution >= 0.6 is 23.7 Å². The highest BCUT2D eigenvalue weighted by Crippen LogP contribution is 2.25. The van der Waals surface area contributed by atoms with Crippen LogP contribution in [0.3, 0.4) is 0 Å². The molecule has 1 amide bonds. The minimum atomic E-state index is -3.40. The summed E-state index contributed by atoms with van der Waals surface area (Å²) in [4.78, 5) is 11.7. The number of amides is 1. The predicted molar refractivity (Wildman–Crippen MR) is 85.3 cm³/mol. The zero-order valence-electron chi connectivity index (χ0n) is 11.8. The second kappa shape index (κ2) is 8.09. The van der Waals surface area contributed by atoms with E-state index in [1.807, 2.05) is 0 Å². The van der Waals surface area contributed by atoms with Crippen LogP contribution < -0.4 is 10.6 Å². The number of thiophene rings is 1. The quantitative estimate of drug-likeness (QED) is 0.838. The first kappa shape index (κ1) is 18.4. The molecule has 2 rings (SSSR count). The number of carbonyl (C=O) groups excluding carboxylic acids is 1. The standard InChI is InChI=1S/C12H19N3O3S2.ClH/c1-10(16)14-9-11-3-4-12(19-11)20(17,18)15-7-2-5-13-6-8-15;/h3-4,13H,2,5-9H2,1H3,(H,14,16);1H. The fraction of sp³-hybridized carbons (Fsp3) is 0.583. The van der Waals surface area contributed by atoms with Gasteiger partial charge in [-0.2, -0.15) is 4.31 Å². The van der Waals surface area contributed by atoms with Gasteiger partial charge < -0.3 is 10.6 Å². The highest BCUT2D eigenvalue weighted by atomic mass is 35.5. The zero-order chi connectivity index (χ0) is 14.6. The first-order valence-corrected chi connectivity index (χ1v) is 8.80. The monoisotopic (exact) mass is 353 g/mol. The van der Waals surface area contributed by atoms with E-state index in [0.717, 1.165) is 17.8 Å². The van der Waals surface area contributed by atoms with E-state index in [1.165, 1.54) is 22.6 Å². The number of halogens is 1. The lowest BCUT2D eigenvalue weighted by Crippen LogP contribution is -2.33. The Morgan fingerprint density at radius 3 is 2.86 bits per heavy atom. The maximum absolute atomic E-state index is 12.5. The SMILES string of the molecule is CC(=O)NCc1ccc(S(=O)(=O)N2CCCNCC2)s1.Cl. The summed E-state index contributed by atoms with van der Waals surface area (Å²) in [7, 11) is -3.40. The van der Waals surface area contributed by atoms with Gasteiger partial charge in [0.2, 0.25) is 5.91 Å². The number of hydrogen-bond acceptors (Lipinski definition) is 5. The third-order valence-electron chi connectivity index (χ3n) is 3.04. The lowest BCUT2D eigenvalue weighted by molar-refractivity contribution is -0.119. The van der Waals surface area contributed by atoms with Crippen LogP contribution in [0.15, 0.2) is 16.3 Å². The molecule has 0 spiro atoms. The fourth-order valence-electron chi connectivity index (χ4n) is 1.99. The molecule has 0 saturated carbocycles. The zero-order valence-corrected chi connectivity index (χ0v) is 14.2. The Kier molecular flexibility index (Phi) is 7.08. The molecule has 0 aliphatic carbocycles. The van der Waals surface area contributed by atoms with Crippen molar-refractivity contribution in [1.29, 1.82) is 0 Å². The van der Waals surface area contributed by atoms with Gasteiger partial charge in [0.05, 0.1) is 6.54 Å². The average molecular weight is 354 g/mol. The highest BCUT2D eigenvalue weighted by molar-refractivity contribution is 7.91. The molecule has 6 nitrogen and oxygen atoms in total. The number of nitrogens with zero attached hydrogens (tertiary/aromatic N) is 1. The maximum atomic E-state index is 12.5. The van der Waals surface area contributed by atoms with Crippen LogP contribution in [0.25, 0.3) is 0 Å². The van der Waals surface area contributed by atoms with Crippen molar-refractivity contribution < 1.29 is 13.2 Å². The minimum absolute atomic E-state index is 0. The van der Waals surface area contributed by atoms with Gasteiger partial charge in [-0.1, -0.05) is 0 Å². The van der Waals surface area contributed by atoms with Crippen molar-refractivity contribution in [3.8, 4) is 0 Å². The number of hydrogen-bond donors (Lipinski definition) is 2. The molecule has 1 aliphatic heterocycles. The Morgan fingerprint density at radius 2 is 2.14 bits per heavy atom. The molecule has 1 aromatic rings. The predicted octanol–water partition coefficient (Wildman–Crippen LogP) is 0.790. The summed E-state index contributed by atoms with van der Waals surface area (Å²) in [6, 6.07) is 3.37.